The van der Waals surface area contributed by atoms with E-state index in [1.165, 1.54) is 0 Å². The molecule has 0 unspecified atom stereocenters. The van der Waals surface area contributed by atoms with Crippen LogP contribution < -0.4 is 14.8 Å². The fraction of sp³-hybridized carbons (Fsp3) is 0.200. The van der Waals surface area contributed by atoms with Crippen molar-refractivity contribution in [3.05, 3.63) is 48.2 Å². The Morgan fingerprint density at radius 2 is 1.95 bits per heavy atom. The van der Waals surface area contributed by atoms with E-state index in [0.717, 1.165) is 28.7 Å². The molecule has 0 spiro atoms. The summed E-state index contributed by atoms with van der Waals surface area (Å²) in [6, 6.07) is 11.8. The first kappa shape index (κ1) is 12.0. The Kier molecular flexibility index (Phi) is 2.85. The topological polar surface area (TPSA) is 60.7 Å². The molecule has 2 aromatic heterocycles. The molecular formula is C15H14N4O2. The van der Waals surface area contributed by atoms with Crippen molar-refractivity contribution >= 4 is 11.6 Å². The molecule has 3 heterocycles. The molecule has 0 saturated carbocycles. The number of nitrogens with zero attached hydrogens (tertiary/aromatic N) is 3. The molecule has 3 aromatic rings. The first-order valence-corrected chi connectivity index (χ1v) is 6.82. The predicted octanol–water partition coefficient (Wildman–Crippen LogP) is 2.11. The fourth-order valence-corrected chi connectivity index (χ4v) is 2.34. The van der Waals surface area contributed by atoms with Crippen molar-refractivity contribution in [2.75, 3.05) is 18.5 Å². The lowest BCUT2D eigenvalue weighted by molar-refractivity contribution is 0.171. The van der Waals surface area contributed by atoms with Gasteiger partial charge in [0.2, 0.25) is 5.95 Å². The maximum atomic E-state index is 5.59. The Bertz CT molecular complexity index is 784. The van der Waals surface area contributed by atoms with Gasteiger partial charge in [-0.1, -0.05) is 12.1 Å². The highest BCUT2D eigenvalue weighted by atomic mass is 16.6. The molecule has 0 fully saturated rings. The van der Waals surface area contributed by atoms with Gasteiger partial charge in [0.15, 0.2) is 17.1 Å². The maximum Gasteiger partial charge on any atom is 0.229 e. The smallest absolute Gasteiger partial charge is 0.229 e. The van der Waals surface area contributed by atoms with Crippen LogP contribution in [0.25, 0.3) is 5.65 Å². The summed E-state index contributed by atoms with van der Waals surface area (Å²) in [5.41, 5.74) is 1.93. The number of benzene rings is 1. The van der Waals surface area contributed by atoms with E-state index >= 15 is 0 Å². The lowest BCUT2D eigenvalue weighted by atomic mass is 10.2. The van der Waals surface area contributed by atoms with Gasteiger partial charge in [-0.05, 0) is 29.8 Å². The molecule has 0 radical (unpaired) electrons. The zero-order valence-corrected chi connectivity index (χ0v) is 11.3. The van der Waals surface area contributed by atoms with Crippen LogP contribution in [-0.2, 0) is 6.54 Å². The number of rotatable bonds is 3. The number of fused-ring (bicyclic) bond motifs is 2. The minimum Gasteiger partial charge on any atom is -0.486 e. The predicted molar refractivity (Wildman–Crippen MR) is 77.7 cm³/mol. The second-order valence-corrected chi connectivity index (χ2v) is 4.78. The third-order valence-corrected chi connectivity index (χ3v) is 3.37. The number of hydrogen-bond acceptors (Lipinski definition) is 5. The zero-order chi connectivity index (χ0) is 14.1. The summed E-state index contributed by atoms with van der Waals surface area (Å²) in [6.45, 7) is 1.85. The molecular weight excluding hydrogens is 268 g/mol. The molecule has 1 aliphatic heterocycles. The Hall–Kier alpha value is -2.76. The molecule has 0 bridgehead atoms. The number of pyridine rings is 1. The number of hydrogen-bond donors (Lipinski definition) is 1. The lowest BCUT2D eigenvalue weighted by Crippen LogP contribution is -2.15. The van der Waals surface area contributed by atoms with Crippen LogP contribution >= 0.6 is 0 Å². The van der Waals surface area contributed by atoms with Crippen molar-refractivity contribution in [3.8, 4) is 11.5 Å². The van der Waals surface area contributed by atoms with Crippen molar-refractivity contribution in [2.24, 2.45) is 0 Å². The van der Waals surface area contributed by atoms with Crippen LogP contribution in [0.3, 0.4) is 0 Å². The van der Waals surface area contributed by atoms with Crippen LogP contribution in [0.1, 0.15) is 5.56 Å². The van der Waals surface area contributed by atoms with E-state index in [0.29, 0.717) is 19.8 Å². The summed E-state index contributed by atoms with van der Waals surface area (Å²) in [6.07, 6.45) is 1.93. The van der Waals surface area contributed by atoms with Gasteiger partial charge in [0.1, 0.15) is 13.2 Å². The highest BCUT2D eigenvalue weighted by Gasteiger charge is 2.12. The Labute approximate surface area is 121 Å². The highest BCUT2D eigenvalue weighted by Crippen LogP contribution is 2.30. The third kappa shape index (κ3) is 2.24. The van der Waals surface area contributed by atoms with Gasteiger partial charge in [0.05, 0.1) is 0 Å². The average molecular weight is 282 g/mol. The van der Waals surface area contributed by atoms with Crippen LogP contribution in [0, 0.1) is 0 Å². The van der Waals surface area contributed by atoms with Gasteiger partial charge in [-0.25, -0.2) is 0 Å². The lowest BCUT2D eigenvalue weighted by Gasteiger charge is -2.18. The summed E-state index contributed by atoms with van der Waals surface area (Å²) < 4.78 is 13.0. The van der Waals surface area contributed by atoms with Crippen LogP contribution in [-0.4, -0.2) is 27.8 Å². The van der Waals surface area contributed by atoms with Crippen molar-refractivity contribution in [2.45, 2.75) is 6.54 Å². The van der Waals surface area contributed by atoms with Gasteiger partial charge < -0.3 is 14.8 Å². The number of anilines is 1. The van der Waals surface area contributed by atoms with Gasteiger partial charge in [0.25, 0.3) is 0 Å². The van der Waals surface area contributed by atoms with E-state index in [1.54, 1.807) is 0 Å². The van der Waals surface area contributed by atoms with Gasteiger partial charge in [-0.3, -0.25) is 4.40 Å². The van der Waals surface area contributed by atoms with Crippen molar-refractivity contribution in [3.63, 3.8) is 0 Å². The quantitative estimate of drug-likeness (QED) is 0.797. The van der Waals surface area contributed by atoms with Crippen molar-refractivity contribution < 1.29 is 9.47 Å². The van der Waals surface area contributed by atoms with Crippen LogP contribution in [0.4, 0.5) is 5.95 Å². The normalized spacial score (nSPS) is 13.3. The van der Waals surface area contributed by atoms with Crippen LogP contribution in [0.5, 0.6) is 11.5 Å². The standard InChI is InChI=1S/C15H14N4O2/c1-2-6-19-14(3-1)17-18-15(19)16-10-11-4-5-12-13(9-11)21-8-7-20-12/h1-6,9H,7-8,10H2,(H,16,18). The van der Waals surface area contributed by atoms with Gasteiger partial charge in [-0.15, -0.1) is 10.2 Å². The number of ether oxygens (including phenoxy) is 2. The first-order chi connectivity index (χ1) is 10.4. The fourth-order valence-electron chi connectivity index (χ4n) is 2.34. The van der Waals surface area contributed by atoms with E-state index in [-0.39, 0.29) is 0 Å². The molecule has 6 nitrogen and oxygen atoms in total. The van der Waals surface area contributed by atoms with E-state index in [1.807, 2.05) is 47.0 Å². The van der Waals surface area contributed by atoms with Crippen molar-refractivity contribution in [1.82, 2.24) is 14.6 Å². The van der Waals surface area contributed by atoms with Gasteiger partial charge >= 0.3 is 0 Å². The largest absolute Gasteiger partial charge is 0.486 e. The molecule has 106 valence electrons. The molecule has 1 aromatic carbocycles. The molecule has 0 saturated heterocycles. The molecule has 4 rings (SSSR count). The average Bonchev–Trinajstić information content (AvgIpc) is 2.96. The second kappa shape index (κ2) is 4.97. The summed E-state index contributed by atoms with van der Waals surface area (Å²) in [5, 5.41) is 11.5. The minimum atomic E-state index is 0.596. The molecule has 6 heteroatoms. The molecule has 21 heavy (non-hydrogen) atoms. The Morgan fingerprint density at radius 1 is 1.05 bits per heavy atom. The number of aromatic nitrogens is 3. The summed E-state index contributed by atoms with van der Waals surface area (Å²) in [5.74, 6) is 2.32. The van der Waals surface area contributed by atoms with E-state index < -0.39 is 0 Å². The molecule has 1 N–H and O–H groups in total. The Morgan fingerprint density at radius 3 is 2.90 bits per heavy atom. The minimum absolute atomic E-state index is 0.596. The van der Waals surface area contributed by atoms with Crippen molar-refractivity contribution in [1.29, 1.82) is 0 Å². The molecule has 0 amide bonds. The van der Waals surface area contributed by atoms with E-state index in [2.05, 4.69) is 15.5 Å². The second-order valence-electron chi connectivity index (χ2n) is 4.78. The highest BCUT2D eigenvalue weighted by molar-refractivity contribution is 5.47. The van der Waals surface area contributed by atoms with E-state index in [9.17, 15) is 0 Å². The van der Waals surface area contributed by atoms with E-state index in [4.69, 9.17) is 9.47 Å². The molecule has 1 aliphatic rings. The Balaban J connectivity index is 1.54. The number of nitrogens with one attached hydrogen (secondary N) is 1. The maximum absolute atomic E-state index is 5.59. The molecule has 0 atom stereocenters. The van der Waals surface area contributed by atoms with Crippen LogP contribution in [0.2, 0.25) is 0 Å². The monoisotopic (exact) mass is 282 g/mol. The SMILES string of the molecule is c1ccn2c(NCc3ccc4c(c3)OCCO4)nnc2c1. The summed E-state index contributed by atoms with van der Waals surface area (Å²) in [4.78, 5) is 0. The summed E-state index contributed by atoms with van der Waals surface area (Å²) in [7, 11) is 0. The third-order valence-electron chi connectivity index (χ3n) is 3.37. The first-order valence-electron chi connectivity index (χ1n) is 6.82. The zero-order valence-electron chi connectivity index (χ0n) is 11.3. The van der Waals surface area contributed by atoms with Crippen LogP contribution in [0.15, 0.2) is 42.6 Å². The summed E-state index contributed by atoms with van der Waals surface area (Å²) >= 11 is 0. The molecule has 0 aliphatic carbocycles. The van der Waals surface area contributed by atoms with Gasteiger partial charge in [0, 0.05) is 12.7 Å². The van der Waals surface area contributed by atoms with Gasteiger partial charge in [-0.2, -0.15) is 0 Å².